The smallest absolute Gasteiger partial charge is 0.217 e. The Morgan fingerprint density at radius 2 is 2.20 bits per heavy atom. The van der Waals surface area contributed by atoms with Crippen molar-refractivity contribution in [2.24, 2.45) is 0 Å². The quantitative estimate of drug-likeness (QED) is 0.915. The summed E-state index contributed by atoms with van der Waals surface area (Å²) in [6.07, 6.45) is 1.55. The van der Waals surface area contributed by atoms with E-state index >= 15 is 0 Å². The van der Waals surface area contributed by atoms with Crippen molar-refractivity contribution < 1.29 is 14.3 Å². The Labute approximate surface area is 120 Å². The van der Waals surface area contributed by atoms with Crippen LogP contribution in [0, 0.1) is 5.82 Å². The molecule has 2 aromatic rings. The van der Waals surface area contributed by atoms with Gasteiger partial charge < -0.3 is 10.4 Å². The molecule has 4 nitrogen and oxygen atoms in total. The summed E-state index contributed by atoms with van der Waals surface area (Å²) in [6, 6.07) is 5.63. The molecule has 0 aliphatic carbocycles. The fraction of sp³-hybridized carbons (Fsp3) is 0.143. The highest BCUT2D eigenvalue weighted by atomic mass is 35.5. The molecule has 1 heterocycles. The fourth-order valence-electron chi connectivity index (χ4n) is 1.65. The Bertz CT molecular complexity index is 644. The Balaban J connectivity index is 2.26. The summed E-state index contributed by atoms with van der Waals surface area (Å²) in [4.78, 5) is 14.9. The second-order valence-electron chi connectivity index (χ2n) is 4.24. The molecule has 0 saturated carbocycles. The van der Waals surface area contributed by atoms with E-state index in [4.69, 9.17) is 11.6 Å². The average molecular weight is 295 g/mol. The molecule has 20 heavy (non-hydrogen) atoms. The van der Waals surface area contributed by atoms with Crippen molar-refractivity contribution >= 4 is 17.5 Å². The van der Waals surface area contributed by atoms with E-state index in [9.17, 15) is 14.3 Å². The lowest BCUT2D eigenvalue weighted by atomic mass is 10.1. The minimum Gasteiger partial charge on any atom is -0.506 e. The number of hydrogen-bond acceptors (Lipinski definition) is 3. The van der Waals surface area contributed by atoms with E-state index in [1.807, 2.05) is 0 Å². The van der Waals surface area contributed by atoms with Crippen LogP contribution in [0.15, 0.2) is 30.5 Å². The summed E-state index contributed by atoms with van der Waals surface area (Å²) < 4.78 is 13.8. The second-order valence-corrected chi connectivity index (χ2v) is 4.65. The summed E-state index contributed by atoms with van der Waals surface area (Å²) in [6.45, 7) is 1.79. The van der Waals surface area contributed by atoms with Crippen LogP contribution in [0.1, 0.15) is 12.5 Å². The Morgan fingerprint density at radius 3 is 2.80 bits per heavy atom. The van der Waals surface area contributed by atoms with Gasteiger partial charge in [-0.05, 0) is 17.7 Å². The number of amides is 1. The van der Waals surface area contributed by atoms with Crippen molar-refractivity contribution in [2.45, 2.75) is 13.5 Å². The molecule has 0 unspecified atom stereocenters. The molecule has 104 valence electrons. The van der Waals surface area contributed by atoms with Crippen LogP contribution in [-0.4, -0.2) is 16.0 Å². The fourth-order valence-corrected chi connectivity index (χ4v) is 1.81. The van der Waals surface area contributed by atoms with E-state index in [1.165, 1.54) is 13.0 Å². The molecule has 1 aromatic heterocycles. The van der Waals surface area contributed by atoms with Crippen LogP contribution >= 0.6 is 11.6 Å². The topological polar surface area (TPSA) is 62.2 Å². The normalized spacial score (nSPS) is 10.3. The van der Waals surface area contributed by atoms with E-state index in [0.29, 0.717) is 12.2 Å². The number of carbonyl (C=O) groups is 1. The van der Waals surface area contributed by atoms with E-state index < -0.39 is 5.82 Å². The molecule has 6 heteroatoms. The molecule has 0 radical (unpaired) electrons. The number of pyridine rings is 1. The van der Waals surface area contributed by atoms with Crippen molar-refractivity contribution in [3.63, 3.8) is 0 Å². The summed E-state index contributed by atoms with van der Waals surface area (Å²) in [5.41, 5.74) is 1.41. The van der Waals surface area contributed by atoms with Gasteiger partial charge in [0.25, 0.3) is 0 Å². The molecule has 1 amide bonds. The van der Waals surface area contributed by atoms with Gasteiger partial charge in [0.2, 0.25) is 5.91 Å². The van der Waals surface area contributed by atoms with Crippen LogP contribution in [0.2, 0.25) is 5.02 Å². The number of rotatable bonds is 3. The lowest BCUT2D eigenvalue weighted by Gasteiger charge is -2.07. The van der Waals surface area contributed by atoms with Gasteiger partial charge in [-0.25, -0.2) is 4.39 Å². The van der Waals surface area contributed by atoms with Gasteiger partial charge in [-0.1, -0.05) is 17.7 Å². The molecule has 0 fully saturated rings. The highest BCUT2D eigenvalue weighted by Crippen LogP contribution is 2.31. The van der Waals surface area contributed by atoms with Crippen molar-refractivity contribution in [3.8, 4) is 17.0 Å². The third-order valence-electron chi connectivity index (χ3n) is 2.68. The molecule has 2 rings (SSSR count). The maximum Gasteiger partial charge on any atom is 0.217 e. The Morgan fingerprint density at radius 1 is 1.45 bits per heavy atom. The summed E-state index contributed by atoms with van der Waals surface area (Å²) >= 11 is 5.76. The molecular formula is C14H12ClFN2O2. The van der Waals surface area contributed by atoms with Crippen LogP contribution in [0.4, 0.5) is 4.39 Å². The minimum absolute atomic E-state index is 0.0607. The molecule has 0 aliphatic rings. The monoisotopic (exact) mass is 294 g/mol. The summed E-state index contributed by atoms with van der Waals surface area (Å²) in [5.74, 6) is -1.05. The Kier molecular flexibility index (Phi) is 4.20. The minimum atomic E-state index is -0.603. The van der Waals surface area contributed by atoms with Gasteiger partial charge in [-0.3, -0.25) is 9.78 Å². The molecule has 2 N–H and O–H groups in total. The molecule has 0 bridgehead atoms. The zero-order chi connectivity index (χ0) is 14.7. The highest BCUT2D eigenvalue weighted by molar-refractivity contribution is 6.32. The number of phenols is 1. The zero-order valence-electron chi connectivity index (χ0n) is 10.7. The predicted octanol–water partition coefficient (Wildman–Crippen LogP) is 2.88. The molecule has 0 saturated heterocycles. The van der Waals surface area contributed by atoms with Gasteiger partial charge in [0.05, 0.1) is 10.7 Å². The van der Waals surface area contributed by atoms with Crippen LogP contribution < -0.4 is 5.32 Å². The van der Waals surface area contributed by atoms with Crippen molar-refractivity contribution in [2.75, 3.05) is 0 Å². The van der Waals surface area contributed by atoms with Crippen LogP contribution in [0.3, 0.4) is 0 Å². The van der Waals surface area contributed by atoms with E-state index in [0.717, 1.165) is 11.6 Å². The highest BCUT2D eigenvalue weighted by Gasteiger charge is 2.11. The zero-order valence-corrected chi connectivity index (χ0v) is 11.4. The van der Waals surface area contributed by atoms with Crippen molar-refractivity contribution in [1.29, 1.82) is 0 Å². The SMILES string of the molecule is CC(=O)NCc1ccc(-c2cc(Cl)c(O)cc2F)nc1. The third-order valence-corrected chi connectivity index (χ3v) is 2.98. The number of aromatic nitrogens is 1. The van der Waals surface area contributed by atoms with Gasteiger partial charge in [0.15, 0.2) is 0 Å². The first-order valence-corrected chi connectivity index (χ1v) is 6.23. The van der Waals surface area contributed by atoms with Gasteiger partial charge in [-0.15, -0.1) is 0 Å². The van der Waals surface area contributed by atoms with E-state index in [2.05, 4.69) is 10.3 Å². The molecule has 0 atom stereocenters. The molecule has 0 aliphatic heterocycles. The average Bonchev–Trinajstić information content (AvgIpc) is 2.41. The van der Waals surface area contributed by atoms with E-state index in [-0.39, 0.29) is 22.2 Å². The lowest BCUT2D eigenvalue weighted by Crippen LogP contribution is -2.18. The summed E-state index contributed by atoms with van der Waals surface area (Å²) in [5, 5.41) is 12.0. The molecular weight excluding hydrogens is 283 g/mol. The Hall–Kier alpha value is -2.14. The number of aromatic hydroxyl groups is 1. The number of carbonyl (C=O) groups excluding carboxylic acids is 1. The van der Waals surface area contributed by atoms with Gasteiger partial charge in [0.1, 0.15) is 11.6 Å². The van der Waals surface area contributed by atoms with Gasteiger partial charge >= 0.3 is 0 Å². The maximum atomic E-state index is 13.8. The number of phenolic OH excluding ortho intramolecular Hbond substituents is 1. The number of benzene rings is 1. The number of hydrogen-bond donors (Lipinski definition) is 2. The second kappa shape index (κ2) is 5.88. The third kappa shape index (κ3) is 3.24. The standard InChI is InChI=1S/C14H12ClFN2O2/c1-8(19)17-6-9-2-3-13(18-7-9)10-4-11(15)14(20)5-12(10)16/h2-5,7,20H,6H2,1H3,(H,17,19). The lowest BCUT2D eigenvalue weighted by molar-refractivity contribution is -0.119. The van der Waals surface area contributed by atoms with E-state index in [1.54, 1.807) is 18.3 Å². The van der Waals surface area contributed by atoms with Crippen LogP contribution in [0.25, 0.3) is 11.3 Å². The molecule has 0 spiro atoms. The number of nitrogens with one attached hydrogen (secondary N) is 1. The molecule has 1 aromatic carbocycles. The van der Waals surface area contributed by atoms with Gasteiger partial charge in [-0.2, -0.15) is 0 Å². The summed E-state index contributed by atoms with van der Waals surface area (Å²) in [7, 11) is 0. The number of nitrogens with zero attached hydrogens (tertiary/aromatic N) is 1. The first-order chi connectivity index (χ1) is 9.47. The predicted molar refractivity (Wildman–Crippen MR) is 73.8 cm³/mol. The van der Waals surface area contributed by atoms with Gasteiger partial charge in [0, 0.05) is 31.3 Å². The first-order valence-electron chi connectivity index (χ1n) is 5.85. The van der Waals surface area contributed by atoms with Crippen molar-refractivity contribution in [3.05, 3.63) is 46.9 Å². The van der Waals surface area contributed by atoms with Crippen LogP contribution in [-0.2, 0) is 11.3 Å². The first kappa shape index (κ1) is 14.3. The maximum absolute atomic E-state index is 13.8. The number of halogens is 2. The largest absolute Gasteiger partial charge is 0.506 e. The van der Waals surface area contributed by atoms with Crippen LogP contribution in [0.5, 0.6) is 5.75 Å². The van der Waals surface area contributed by atoms with Crippen molar-refractivity contribution in [1.82, 2.24) is 10.3 Å².